The lowest BCUT2D eigenvalue weighted by molar-refractivity contribution is 0.0502. The molecule has 1 aromatic carbocycles. The number of carbonyl (C=O) groups excluding carboxylic acids is 1. The van der Waals surface area contributed by atoms with E-state index >= 15 is 0 Å². The average molecular weight is 388 g/mol. The maximum absolute atomic E-state index is 14.2. The van der Waals surface area contributed by atoms with Crippen molar-refractivity contribution in [2.24, 2.45) is 0 Å². The van der Waals surface area contributed by atoms with Gasteiger partial charge in [0.25, 0.3) is 10.1 Å². The molecule has 0 amide bonds. The van der Waals surface area contributed by atoms with Crippen LogP contribution in [0.2, 0.25) is 0 Å². The molecule has 1 aliphatic carbocycles. The fraction of sp³-hybridized carbons (Fsp3) is 0.611. The summed E-state index contributed by atoms with van der Waals surface area (Å²) in [6.45, 7) is 1.47. The number of benzene rings is 1. The quantitative estimate of drug-likeness (QED) is 0.590. The number of hydrogen-bond acceptors (Lipinski definition) is 5. The molecule has 0 heterocycles. The lowest BCUT2D eigenvalue weighted by atomic mass is 9.88. The maximum Gasteiger partial charge on any atom is 0.338 e. The molecule has 0 bridgehead atoms. The lowest BCUT2D eigenvalue weighted by Gasteiger charge is -2.32. The molecule has 6 nitrogen and oxygen atoms in total. The Morgan fingerprint density at radius 3 is 2.42 bits per heavy atom. The Morgan fingerprint density at radius 2 is 1.81 bits per heavy atom. The van der Waals surface area contributed by atoms with Crippen molar-refractivity contribution in [2.45, 2.75) is 57.5 Å². The molecule has 1 aromatic rings. The minimum Gasteiger partial charge on any atom is -0.484 e. The average Bonchev–Trinajstić information content (AvgIpc) is 2.52. The fourth-order valence-electron chi connectivity index (χ4n) is 3.05. The van der Waals surface area contributed by atoms with Gasteiger partial charge in [-0.25, -0.2) is 9.18 Å². The summed E-state index contributed by atoms with van der Waals surface area (Å²) in [5.74, 6) is -2.08. The van der Waals surface area contributed by atoms with Crippen molar-refractivity contribution < 1.29 is 31.6 Å². The van der Waals surface area contributed by atoms with E-state index in [0.29, 0.717) is 0 Å². The van der Waals surface area contributed by atoms with E-state index in [4.69, 9.17) is 14.0 Å². The third-order valence-electron chi connectivity index (χ3n) is 4.51. The molecule has 0 radical (unpaired) electrons. The van der Waals surface area contributed by atoms with Gasteiger partial charge in [0.1, 0.15) is 18.0 Å². The Balaban J connectivity index is 2.07. The number of ether oxygens (including phenoxy) is 2. The molecule has 0 spiro atoms. The molecule has 0 aromatic heterocycles. The summed E-state index contributed by atoms with van der Waals surface area (Å²) >= 11 is 0. The Kier molecular flexibility index (Phi) is 7.00. The summed E-state index contributed by atoms with van der Waals surface area (Å²) in [4.78, 5) is 12.0. The summed E-state index contributed by atoms with van der Waals surface area (Å²) < 4.78 is 54.8. The van der Waals surface area contributed by atoms with E-state index in [1.165, 1.54) is 18.6 Å². The molecular weight excluding hydrogens is 363 g/mol. The van der Waals surface area contributed by atoms with Crippen molar-refractivity contribution in [1.29, 1.82) is 0 Å². The van der Waals surface area contributed by atoms with Gasteiger partial charge in [0.05, 0.1) is 5.56 Å². The van der Waals surface area contributed by atoms with Gasteiger partial charge in [-0.1, -0.05) is 19.3 Å². The fourth-order valence-corrected chi connectivity index (χ4v) is 3.35. The van der Waals surface area contributed by atoms with E-state index in [-0.39, 0.29) is 11.3 Å². The SMILES string of the molecule is CC1(Oc2cc(C(=O)OCCS(=O)(=O)O)ccc2F)CCCCCCC1. The van der Waals surface area contributed by atoms with Crippen LogP contribution in [0.3, 0.4) is 0 Å². The first-order valence-electron chi connectivity index (χ1n) is 8.79. The van der Waals surface area contributed by atoms with Crippen molar-refractivity contribution in [1.82, 2.24) is 0 Å². The van der Waals surface area contributed by atoms with Crippen molar-refractivity contribution in [3.8, 4) is 5.75 Å². The minimum absolute atomic E-state index is 0.0164. The summed E-state index contributed by atoms with van der Waals surface area (Å²) in [7, 11) is -4.21. The second kappa shape index (κ2) is 8.81. The predicted octanol–water partition coefficient (Wildman–Crippen LogP) is 3.75. The van der Waals surface area contributed by atoms with Gasteiger partial charge < -0.3 is 9.47 Å². The van der Waals surface area contributed by atoms with Gasteiger partial charge >= 0.3 is 5.97 Å². The zero-order chi connectivity index (χ0) is 19.2. The lowest BCUT2D eigenvalue weighted by Crippen LogP contribution is -2.33. The Labute approximate surface area is 153 Å². The van der Waals surface area contributed by atoms with E-state index in [1.807, 2.05) is 6.92 Å². The normalized spacial score (nSPS) is 17.8. The van der Waals surface area contributed by atoms with Crippen LogP contribution in [0.1, 0.15) is 62.2 Å². The third-order valence-corrected chi connectivity index (χ3v) is 5.19. The van der Waals surface area contributed by atoms with Gasteiger partial charge in [-0.05, 0) is 50.8 Å². The minimum atomic E-state index is -4.21. The summed E-state index contributed by atoms with van der Waals surface area (Å²) in [6.07, 6.45) is 7.11. The standard InChI is InChI=1S/C18H25FO6S/c1-18(9-5-3-2-4-6-10-18)25-16-13-14(7-8-15(16)19)17(20)24-11-12-26(21,22)23/h7-8,13H,2-6,9-12H2,1H3,(H,21,22,23). The van der Waals surface area contributed by atoms with Crippen LogP contribution in [0.4, 0.5) is 4.39 Å². The first-order valence-corrected chi connectivity index (χ1v) is 10.4. The molecule has 1 N–H and O–H groups in total. The smallest absolute Gasteiger partial charge is 0.338 e. The molecule has 2 rings (SSSR count). The molecule has 146 valence electrons. The van der Waals surface area contributed by atoms with Gasteiger partial charge in [0.15, 0.2) is 11.6 Å². The van der Waals surface area contributed by atoms with Crippen LogP contribution in [-0.2, 0) is 14.9 Å². The molecule has 0 saturated heterocycles. The van der Waals surface area contributed by atoms with E-state index < -0.39 is 39.9 Å². The van der Waals surface area contributed by atoms with E-state index in [2.05, 4.69) is 0 Å². The van der Waals surface area contributed by atoms with Crippen molar-refractivity contribution in [2.75, 3.05) is 12.4 Å². The van der Waals surface area contributed by atoms with Gasteiger partial charge in [0.2, 0.25) is 0 Å². The molecule has 1 fully saturated rings. The van der Waals surface area contributed by atoms with Gasteiger partial charge in [-0.3, -0.25) is 4.55 Å². The highest BCUT2D eigenvalue weighted by atomic mass is 32.2. The van der Waals surface area contributed by atoms with Gasteiger partial charge in [-0.2, -0.15) is 8.42 Å². The Morgan fingerprint density at radius 1 is 1.19 bits per heavy atom. The number of carbonyl (C=O) groups is 1. The van der Waals surface area contributed by atoms with E-state index in [1.54, 1.807) is 0 Å². The van der Waals surface area contributed by atoms with Crippen LogP contribution >= 0.6 is 0 Å². The van der Waals surface area contributed by atoms with Crippen LogP contribution in [0.25, 0.3) is 0 Å². The number of esters is 1. The molecular formula is C18H25FO6S. The first kappa shape index (κ1) is 20.6. The third kappa shape index (κ3) is 6.57. The van der Waals surface area contributed by atoms with Crippen LogP contribution in [0.15, 0.2) is 18.2 Å². The largest absolute Gasteiger partial charge is 0.484 e. The van der Waals surface area contributed by atoms with Crippen molar-refractivity contribution in [3.05, 3.63) is 29.6 Å². The zero-order valence-corrected chi connectivity index (χ0v) is 15.7. The summed E-state index contributed by atoms with van der Waals surface area (Å²) in [6, 6.07) is 3.65. The second-order valence-electron chi connectivity index (χ2n) is 6.89. The van der Waals surface area contributed by atoms with Crippen molar-refractivity contribution >= 4 is 16.1 Å². The van der Waals surface area contributed by atoms with Crippen LogP contribution in [-0.4, -0.2) is 36.9 Å². The molecule has 1 saturated carbocycles. The number of rotatable bonds is 6. The molecule has 8 heteroatoms. The van der Waals surface area contributed by atoms with Crippen LogP contribution < -0.4 is 4.74 Å². The summed E-state index contributed by atoms with van der Waals surface area (Å²) in [5.41, 5.74) is -0.430. The maximum atomic E-state index is 14.2. The van der Waals surface area contributed by atoms with Gasteiger partial charge in [0, 0.05) is 0 Å². The highest BCUT2D eigenvalue weighted by molar-refractivity contribution is 7.85. The molecule has 1 aliphatic rings. The topological polar surface area (TPSA) is 89.9 Å². The number of halogens is 1. The molecule has 0 aliphatic heterocycles. The molecule has 0 unspecified atom stereocenters. The first-order chi connectivity index (χ1) is 12.2. The highest BCUT2D eigenvalue weighted by Gasteiger charge is 2.28. The van der Waals surface area contributed by atoms with E-state index in [9.17, 15) is 17.6 Å². The second-order valence-corrected chi connectivity index (χ2v) is 8.46. The Hall–Kier alpha value is -1.67. The monoisotopic (exact) mass is 388 g/mol. The highest BCUT2D eigenvalue weighted by Crippen LogP contribution is 2.32. The zero-order valence-electron chi connectivity index (χ0n) is 14.9. The Bertz CT molecular complexity index is 723. The van der Waals surface area contributed by atoms with E-state index in [0.717, 1.165) is 44.6 Å². The van der Waals surface area contributed by atoms with Crippen LogP contribution in [0.5, 0.6) is 5.75 Å². The summed E-state index contributed by atoms with van der Waals surface area (Å²) in [5, 5.41) is 0. The molecule has 0 atom stereocenters. The number of hydrogen-bond donors (Lipinski definition) is 1. The van der Waals surface area contributed by atoms with Crippen LogP contribution in [0, 0.1) is 5.82 Å². The molecule has 26 heavy (non-hydrogen) atoms. The van der Waals surface area contributed by atoms with Crippen molar-refractivity contribution in [3.63, 3.8) is 0 Å². The van der Waals surface area contributed by atoms with Gasteiger partial charge in [-0.15, -0.1) is 0 Å². The predicted molar refractivity (Wildman–Crippen MR) is 94.5 cm³/mol.